The van der Waals surface area contributed by atoms with Crippen LogP contribution in [0.2, 0.25) is 5.02 Å². The molecule has 27 heavy (non-hydrogen) atoms. The highest BCUT2D eigenvalue weighted by molar-refractivity contribution is 6.33. The monoisotopic (exact) mass is 398 g/mol. The number of rotatable bonds is 4. The van der Waals surface area contributed by atoms with Crippen molar-refractivity contribution in [3.63, 3.8) is 0 Å². The van der Waals surface area contributed by atoms with Crippen molar-refractivity contribution < 1.29 is 22.9 Å². The average molecular weight is 399 g/mol. The molecule has 1 saturated heterocycles. The van der Waals surface area contributed by atoms with E-state index in [9.17, 15) is 18.0 Å². The fourth-order valence-electron chi connectivity index (χ4n) is 3.22. The Bertz CT molecular complexity index is 841. The van der Waals surface area contributed by atoms with E-state index < -0.39 is 29.4 Å². The van der Waals surface area contributed by atoms with Gasteiger partial charge in [-0.25, -0.2) is 13.2 Å². The highest BCUT2D eigenvalue weighted by Gasteiger charge is 2.30. The topological polar surface area (TPSA) is 36.8 Å². The van der Waals surface area contributed by atoms with Gasteiger partial charge in [0.25, 0.3) is 5.91 Å². The molecule has 8 heteroatoms. The molecule has 0 aromatic heterocycles. The van der Waals surface area contributed by atoms with E-state index in [1.807, 2.05) is 24.3 Å². The highest BCUT2D eigenvalue weighted by Crippen LogP contribution is 2.25. The second-order valence-electron chi connectivity index (χ2n) is 6.53. The maximum Gasteiger partial charge on any atom is 0.282 e. The molecule has 2 N–H and O–H groups in total. The summed E-state index contributed by atoms with van der Waals surface area (Å²) in [5.74, 6) is -4.73. The van der Waals surface area contributed by atoms with Gasteiger partial charge in [-0.15, -0.1) is 0 Å². The van der Waals surface area contributed by atoms with Crippen molar-refractivity contribution in [1.29, 1.82) is 0 Å². The summed E-state index contributed by atoms with van der Waals surface area (Å²) in [6.45, 7) is 4.56. The van der Waals surface area contributed by atoms with Crippen LogP contribution in [-0.2, 0) is 4.79 Å². The Labute approximate surface area is 160 Å². The van der Waals surface area contributed by atoms with Gasteiger partial charge in [0, 0.05) is 0 Å². The van der Waals surface area contributed by atoms with Crippen LogP contribution in [-0.4, -0.2) is 38.1 Å². The molecule has 2 aromatic rings. The van der Waals surface area contributed by atoms with Crippen LogP contribution in [0.15, 0.2) is 36.4 Å². The van der Waals surface area contributed by atoms with E-state index in [1.54, 1.807) is 6.92 Å². The number of nitrogens with one attached hydrogen (secondary N) is 2. The maximum atomic E-state index is 13.7. The average Bonchev–Trinajstić information content (AvgIpc) is 2.68. The minimum absolute atomic E-state index is 0.361. The van der Waals surface area contributed by atoms with Gasteiger partial charge in [-0.2, -0.15) is 0 Å². The zero-order valence-electron chi connectivity index (χ0n) is 14.7. The molecule has 144 valence electrons. The summed E-state index contributed by atoms with van der Waals surface area (Å²) < 4.78 is 40.1. The number of carbonyl (C=O) groups is 1. The minimum atomic E-state index is -1.60. The number of para-hydroxylation sites is 1. The lowest BCUT2D eigenvalue weighted by Gasteiger charge is -2.36. The molecule has 0 aliphatic carbocycles. The van der Waals surface area contributed by atoms with Gasteiger partial charge >= 0.3 is 0 Å². The Morgan fingerprint density at radius 1 is 1.11 bits per heavy atom. The number of quaternary nitrogens is 1. The lowest BCUT2D eigenvalue weighted by atomic mass is 10.2. The van der Waals surface area contributed by atoms with E-state index >= 15 is 0 Å². The van der Waals surface area contributed by atoms with Gasteiger partial charge in [-0.3, -0.25) is 4.79 Å². The van der Waals surface area contributed by atoms with Crippen molar-refractivity contribution in [2.24, 2.45) is 0 Å². The zero-order valence-corrected chi connectivity index (χ0v) is 15.5. The third-order valence-corrected chi connectivity index (χ3v) is 5.22. The first-order valence-electron chi connectivity index (χ1n) is 8.67. The number of carbonyl (C=O) groups excluding carboxylic acids is 1. The molecular formula is C19H20ClF3N3O+. The summed E-state index contributed by atoms with van der Waals surface area (Å²) in [6.07, 6.45) is 0. The van der Waals surface area contributed by atoms with Gasteiger partial charge < -0.3 is 15.1 Å². The molecule has 0 spiro atoms. The number of anilines is 2. The lowest BCUT2D eigenvalue weighted by molar-refractivity contribution is -0.914. The van der Waals surface area contributed by atoms with Crippen molar-refractivity contribution in [2.75, 3.05) is 36.4 Å². The van der Waals surface area contributed by atoms with Crippen LogP contribution in [0.4, 0.5) is 24.5 Å². The lowest BCUT2D eigenvalue weighted by Crippen LogP contribution is -3.19. The first kappa shape index (κ1) is 19.5. The van der Waals surface area contributed by atoms with Crippen molar-refractivity contribution in [3.05, 3.63) is 58.9 Å². The fraction of sp³-hybridized carbons (Fsp3) is 0.316. The number of hydrogen-bond donors (Lipinski definition) is 2. The fourth-order valence-corrected chi connectivity index (χ4v) is 3.48. The SMILES string of the molecule is C[C@H](C(=O)Nc1ccc(F)c(F)c1F)[NH+]1CCN(c2ccccc2Cl)CC1. The molecule has 2 aromatic carbocycles. The Morgan fingerprint density at radius 3 is 2.44 bits per heavy atom. The molecule has 0 unspecified atom stereocenters. The first-order chi connectivity index (χ1) is 12.9. The van der Waals surface area contributed by atoms with Gasteiger partial charge in [-0.05, 0) is 31.2 Å². The van der Waals surface area contributed by atoms with Gasteiger partial charge in [0.05, 0.1) is 42.6 Å². The van der Waals surface area contributed by atoms with Crippen LogP contribution in [0.25, 0.3) is 0 Å². The highest BCUT2D eigenvalue weighted by atomic mass is 35.5. The summed E-state index contributed by atoms with van der Waals surface area (Å²) >= 11 is 6.23. The first-order valence-corrected chi connectivity index (χ1v) is 9.04. The predicted octanol–water partition coefficient (Wildman–Crippen LogP) is 2.49. The largest absolute Gasteiger partial charge is 0.359 e. The molecule has 1 aliphatic heterocycles. The van der Waals surface area contributed by atoms with Crippen LogP contribution in [0, 0.1) is 17.5 Å². The van der Waals surface area contributed by atoms with Crippen LogP contribution in [0.1, 0.15) is 6.92 Å². The third kappa shape index (κ3) is 4.20. The smallest absolute Gasteiger partial charge is 0.282 e. The normalized spacial score (nSPS) is 16.3. The van der Waals surface area contributed by atoms with Gasteiger partial charge in [0.2, 0.25) is 0 Å². The summed E-state index contributed by atoms with van der Waals surface area (Å²) in [4.78, 5) is 15.6. The minimum Gasteiger partial charge on any atom is -0.359 e. The van der Waals surface area contributed by atoms with E-state index in [0.717, 1.165) is 35.8 Å². The van der Waals surface area contributed by atoms with Gasteiger partial charge in [0.1, 0.15) is 0 Å². The van der Waals surface area contributed by atoms with Gasteiger partial charge in [-0.1, -0.05) is 23.7 Å². The van der Waals surface area contributed by atoms with E-state index in [1.165, 1.54) is 0 Å². The van der Waals surface area contributed by atoms with E-state index in [4.69, 9.17) is 11.6 Å². The van der Waals surface area contributed by atoms with Crippen LogP contribution >= 0.6 is 11.6 Å². The molecule has 3 rings (SSSR count). The third-order valence-electron chi connectivity index (χ3n) is 4.90. The number of piperazine rings is 1. The van der Waals surface area contributed by atoms with Crippen LogP contribution in [0.3, 0.4) is 0 Å². The molecular weight excluding hydrogens is 379 g/mol. The summed E-state index contributed by atoms with van der Waals surface area (Å²) in [7, 11) is 0. The molecule has 0 radical (unpaired) electrons. The number of nitrogens with zero attached hydrogens (tertiary/aromatic N) is 1. The number of benzene rings is 2. The van der Waals surface area contributed by atoms with Crippen molar-refractivity contribution in [3.8, 4) is 0 Å². The summed E-state index contributed by atoms with van der Waals surface area (Å²) in [6, 6.07) is 8.92. The second-order valence-corrected chi connectivity index (χ2v) is 6.94. The molecule has 0 bridgehead atoms. The Balaban J connectivity index is 1.61. The summed E-state index contributed by atoms with van der Waals surface area (Å²) in [5, 5.41) is 3.03. The van der Waals surface area contributed by atoms with E-state index in [2.05, 4.69) is 10.2 Å². The van der Waals surface area contributed by atoms with Gasteiger partial charge in [0.15, 0.2) is 23.5 Å². The number of hydrogen-bond acceptors (Lipinski definition) is 2. The summed E-state index contributed by atoms with van der Waals surface area (Å²) in [5.41, 5.74) is 0.596. The Kier molecular flexibility index (Phi) is 5.92. The number of halogens is 4. The van der Waals surface area contributed by atoms with Crippen molar-refractivity contribution in [2.45, 2.75) is 13.0 Å². The Morgan fingerprint density at radius 2 is 1.78 bits per heavy atom. The van der Waals surface area contributed by atoms with E-state index in [0.29, 0.717) is 18.1 Å². The molecule has 1 aliphatic rings. The van der Waals surface area contributed by atoms with Crippen LogP contribution in [0.5, 0.6) is 0 Å². The standard InChI is InChI=1S/C19H19ClF3N3O/c1-12(19(27)24-15-7-6-14(21)17(22)18(15)23)25-8-10-26(11-9-25)16-5-3-2-4-13(16)20/h2-7,12H,8-11H2,1H3,(H,24,27)/p+1/t12-/m1/s1. The van der Waals surface area contributed by atoms with E-state index in [-0.39, 0.29) is 5.69 Å². The molecule has 1 amide bonds. The zero-order chi connectivity index (χ0) is 19.6. The number of amides is 1. The maximum absolute atomic E-state index is 13.7. The molecule has 0 saturated carbocycles. The molecule has 4 nitrogen and oxygen atoms in total. The Hall–Kier alpha value is -2.25. The van der Waals surface area contributed by atoms with Crippen molar-refractivity contribution >= 4 is 28.9 Å². The molecule has 1 fully saturated rings. The molecule has 1 atom stereocenters. The van der Waals surface area contributed by atoms with Crippen molar-refractivity contribution in [1.82, 2.24) is 0 Å². The van der Waals surface area contributed by atoms with Crippen LogP contribution < -0.4 is 15.1 Å². The predicted molar refractivity (Wildman–Crippen MR) is 98.8 cm³/mol. The second kappa shape index (κ2) is 8.19. The quantitative estimate of drug-likeness (QED) is 0.776. The molecule has 1 heterocycles.